The maximum atomic E-state index is 15.0. The van der Waals surface area contributed by atoms with E-state index in [1.807, 2.05) is 61.5 Å². The van der Waals surface area contributed by atoms with Gasteiger partial charge in [-0.1, -0.05) is 67.6 Å². The van der Waals surface area contributed by atoms with E-state index in [4.69, 9.17) is 14.2 Å². The molecule has 0 N–H and O–H groups in total. The van der Waals surface area contributed by atoms with E-state index in [1.165, 1.54) is 29.6 Å². The Morgan fingerprint density at radius 1 is 0.879 bits per heavy atom. The summed E-state index contributed by atoms with van der Waals surface area (Å²) in [5.74, 6) is 0.455. The summed E-state index contributed by atoms with van der Waals surface area (Å²) in [4.78, 5) is 17.5. The van der Waals surface area contributed by atoms with Crippen LogP contribution in [0.4, 0.5) is 8.78 Å². The van der Waals surface area contributed by atoms with Gasteiger partial charge >= 0.3 is 5.69 Å². The van der Waals surface area contributed by atoms with E-state index in [-0.39, 0.29) is 30.3 Å². The van der Waals surface area contributed by atoms with E-state index < -0.39 is 17.2 Å². The van der Waals surface area contributed by atoms with Gasteiger partial charge in [0.05, 0.1) is 44.2 Å². The monoisotopic (exact) mass is 788 g/mol. The topological polar surface area (TPSA) is 98.2 Å². The highest BCUT2D eigenvalue weighted by atomic mass is 19.1. The van der Waals surface area contributed by atoms with Crippen LogP contribution in [0, 0.1) is 17.6 Å². The lowest BCUT2D eigenvalue weighted by Crippen LogP contribution is -2.33. The Bertz CT molecular complexity index is 2290. The van der Waals surface area contributed by atoms with Gasteiger partial charge in [0.2, 0.25) is 0 Å². The highest BCUT2D eigenvalue weighted by Crippen LogP contribution is 2.43. The third-order valence-corrected chi connectivity index (χ3v) is 12.1. The number of hydrogen-bond donors (Lipinski definition) is 0. The van der Waals surface area contributed by atoms with Crippen molar-refractivity contribution in [2.75, 3.05) is 13.2 Å². The number of halogens is 2. The van der Waals surface area contributed by atoms with Crippen LogP contribution in [0.25, 0.3) is 5.69 Å². The zero-order chi connectivity index (χ0) is 40.1. The molecule has 1 saturated carbocycles. The Morgan fingerprint density at radius 2 is 1.59 bits per heavy atom. The third kappa shape index (κ3) is 8.68. The molecule has 1 aliphatic heterocycles. The van der Waals surface area contributed by atoms with Gasteiger partial charge in [0.1, 0.15) is 42.0 Å². The molecule has 2 aromatic heterocycles. The third-order valence-electron chi connectivity index (χ3n) is 12.1. The van der Waals surface area contributed by atoms with Crippen LogP contribution in [-0.4, -0.2) is 48.4 Å². The average molecular weight is 789 g/mol. The molecule has 1 saturated heterocycles. The van der Waals surface area contributed by atoms with Gasteiger partial charge in [0.25, 0.3) is 0 Å². The molecule has 1 aliphatic carbocycles. The van der Waals surface area contributed by atoms with Crippen LogP contribution in [0.3, 0.4) is 0 Å². The van der Waals surface area contributed by atoms with Gasteiger partial charge < -0.3 is 14.2 Å². The molecule has 8 rings (SSSR count). The van der Waals surface area contributed by atoms with E-state index in [9.17, 15) is 9.18 Å². The molecule has 4 atom stereocenters. The van der Waals surface area contributed by atoms with Crippen LogP contribution in [-0.2, 0) is 28.2 Å². The second-order valence-electron chi connectivity index (χ2n) is 15.8. The van der Waals surface area contributed by atoms with Gasteiger partial charge in [-0.2, -0.15) is 10.2 Å². The minimum Gasteiger partial charge on any atom is -0.493 e. The molecule has 6 aromatic rings. The summed E-state index contributed by atoms with van der Waals surface area (Å²) in [7, 11) is 0. The highest BCUT2D eigenvalue weighted by Gasteiger charge is 2.44. The zero-order valence-corrected chi connectivity index (χ0v) is 33.0. The van der Waals surface area contributed by atoms with E-state index in [0.29, 0.717) is 43.6 Å². The van der Waals surface area contributed by atoms with Crippen molar-refractivity contribution in [1.29, 1.82) is 0 Å². The van der Waals surface area contributed by atoms with Gasteiger partial charge in [-0.25, -0.2) is 32.5 Å². The molecule has 58 heavy (non-hydrogen) atoms. The maximum Gasteiger partial charge on any atom is 0.350 e. The van der Waals surface area contributed by atoms with E-state index in [0.717, 1.165) is 55.2 Å². The summed E-state index contributed by atoms with van der Waals surface area (Å²) in [6.07, 6.45) is 10.0. The fourth-order valence-corrected chi connectivity index (χ4v) is 8.84. The fourth-order valence-electron chi connectivity index (χ4n) is 8.84. The van der Waals surface area contributed by atoms with Crippen LogP contribution >= 0.6 is 0 Å². The minimum atomic E-state index is -1.01. The molecule has 302 valence electrons. The lowest BCUT2D eigenvalue weighted by atomic mass is 9.76. The standard InChI is InChI=1S/C46H50F2N6O4/c1-3-44(32(2)56-25-33-7-5-4-6-8-33)54-45(55)53(31-51-54)40-18-13-37(14-19-40)35-9-11-36(12-10-35)38-15-20-41(21-16-38)57-26-34-24-46(58-27-34,28-52-30-49-29-50-52)42-22-17-39(47)23-43(42)48/h4-8,13-23,29-32,34-36,44H,3,9-12,24-28H2,1-2H3/t32-,34+,35?,36?,44-,46-/m0/s1. The van der Waals surface area contributed by atoms with Gasteiger partial charge in [0.15, 0.2) is 0 Å². The van der Waals surface area contributed by atoms with Crippen molar-refractivity contribution in [2.45, 2.75) is 95.1 Å². The Hall–Kier alpha value is -5.46. The van der Waals surface area contributed by atoms with Gasteiger partial charge in [0, 0.05) is 17.5 Å². The predicted molar refractivity (Wildman–Crippen MR) is 216 cm³/mol. The first-order valence-electron chi connectivity index (χ1n) is 20.3. The molecule has 2 aliphatic rings. The normalized spacial score (nSPS) is 21.8. The van der Waals surface area contributed by atoms with Gasteiger partial charge in [-0.3, -0.25) is 0 Å². The summed E-state index contributed by atoms with van der Waals surface area (Å²) < 4.78 is 52.2. The molecule has 10 nitrogen and oxygen atoms in total. The molecule has 4 aromatic carbocycles. The number of nitrogens with zero attached hydrogens (tertiary/aromatic N) is 6. The van der Waals surface area contributed by atoms with Gasteiger partial charge in [-0.05, 0) is 104 Å². The molecule has 0 amide bonds. The van der Waals surface area contributed by atoms with Crippen molar-refractivity contribution in [3.05, 3.63) is 160 Å². The largest absolute Gasteiger partial charge is 0.493 e. The second kappa shape index (κ2) is 17.6. The van der Waals surface area contributed by atoms with Gasteiger partial charge in [-0.15, -0.1) is 0 Å². The highest BCUT2D eigenvalue weighted by molar-refractivity contribution is 5.36. The Kier molecular flexibility index (Phi) is 11.9. The smallest absolute Gasteiger partial charge is 0.350 e. The summed E-state index contributed by atoms with van der Waals surface area (Å²) in [5, 5.41) is 8.70. The zero-order valence-electron chi connectivity index (χ0n) is 33.0. The molecule has 2 fully saturated rings. The Morgan fingerprint density at radius 3 is 2.24 bits per heavy atom. The number of aromatic nitrogens is 6. The molecule has 0 spiro atoms. The Labute approximate surface area is 337 Å². The van der Waals surface area contributed by atoms with Crippen LogP contribution in [0.1, 0.15) is 92.5 Å². The van der Waals surface area contributed by atoms with Crippen LogP contribution in [0.5, 0.6) is 5.75 Å². The van der Waals surface area contributed by atoms with E-state index >= 15 is 4.39 Å². The summed E-state index contributed by atoms with van der Waals surface area (Å²) in [6, 6.07) is 30.2. The Balaban J connectivity index is 0.828. The number of ether oxygens (including phenoxy) is 3. The van der Waals surface area contributed by atoms with E-state index in [1.54, 1.807) is 26.6 Å². The molecule has 3 heterocycles. The fraction of sp³-hybridized carbons (Fsp3) is 0.391. The molecule has 0 radical (unpaired) electrons. The van der Waals surface area contributed by atoms with Crippen molar-refractivity contribution in [2.24, 2.45) is 5.92 Å². The lowest BCUT2D eigenvalue weighted by molar-refractivity contribution is -0.0206. The SMILES string of the molecule is CC[C@@H]([C@H](C)OCc1ccccc1)n1ncn(-c2ccc(C3CCC(c4ccc(OC[C@@H]5CO[C@@](Cn6cncn6)(c6ccc(F)cc6F)C5)cc4)CC3)cc2)c1=O. The van der Waals surface area contributed by atoms with Crippen LogP contribution in [0.15, 0.2) is 121 Å². The number of hydrogen-bond acceptors (Lipinski definition) is 7. The van der Waals surface area contributed by atoms with Crippen LogP contribution in [0.2, 0.25) is 0 Å². The van der Waals surface area contributed by atoms with Crippen molar-refractivity contribution in [1.82, 2.24) is 29.1 Å². The van der Waals surface area contributed by atoms with Crippen molar-refractivity contribution in [3.63, 3.8) is 0 Å². The van der Waals surface area contributed by atoms with Crippen molar-refractivity contribution < 1.29 is 23.0 Å². The summed E-state index contributed by atoms with van der Waals surface area (Å²) in [5.41, 5.74) is 3.63. The predicted octanol–water partition coefficient (Wildman–Crippen LogP) is 8.91. The molecule has 0 unspecified atom stereocenters. The summed E-state index contributed by atoms with van der Waals surface area (Å²) in [6.45, 7) is 5.58. The van der Waals surface area contributed by atoms with E-state index in [2.05, 4.69) is 46.4 Å². The number of benzene rings is 4. The first kappa shape index (κ1) is 39.4. The quantitative estimate of drug-likeness (QED) is 0.103. The van der Waals surface area contributed by atoms with Crippen LogP contribution < -0.4 is 10.4 Å². The molecule has 12 heteroatoms. The maximum absolute atomic E-state index is 15.0. The second-order valence-corrected chi connectivity index (χ2v) is 15.8. The lowest BCUT2D eigenvalue weighted by Gasteiger charge is -2.29. The minimum absolute atomic E-state index is 0.00311. The molecule has 0 bridgehead atoms. The first-order chi connectivity index (χ1) is 28.3. The molecular formula is C46H50F2N6O4. The van der Waals surface area contributed by atoms with Crippen molar-refractivity contribution in [3.8, 4) is 11.4 Å². The average Bonchev–Trinajstić information content (AvgIpc) is 4.02. The summed E-state index contributed by atoms with van der Waals surface area (Å²) >= 11 is 0. The molecular weight excluding hydrogens is 739 g/mol. The first-order valence-corrected chi connectivity index (χ1v) is 20.3. The van der Waals surface area contributed by atoms with Crippen molar-refractivity contribution >= 4 is 0 Å². The number of rotatable bonds is 15.